The second kappa shape index (κ2) is 3.77. The Hall–Kier alpha value is -1.03. The minimum atomic E-state index is -0.203. The van der Waals surface area contributed by atoms with E-state index >= 15 is 0 Å². The highest BCUT2D eigenvalue weighted by molar-refractivity contribution is 9.10. The van der Waals surface area contributed by atoms with E-state index in [1.807, 2.05) is 18.2 Å². The minimum absolute atomic E-state index is 0.203. The van der Waals surface area contributed by atoms with Crippen LogP contribution in [0.1, 0.15) is 23.2 Å². The molecule has 0 amide bonds. The van der Waals surface area contributed by atoms with Crippen LogP contribution >= 0.6 is 15.9 Å². The topological polar surface area (TPSA) is 29.5 Å². The van der Waals surface area contributed by atoms with Gasteiger partial charge in [0, 0.05) is 11.0 Å². The highest BCUT2D eigenvalue weighted by atomic mass is 79.9. The minimum Gasteiger partial charge on any atom is -0.460 e. The molecule has 0 aliphatic carbocycles. The summed E-state index contributed by atoms with van der Waals surface area (Å²) in [5, 5.41) is 0. The van der Waals surface area contributed by atoms with Crippen LogP contribution in [0.25, 0.3) is 0 Å². The Morgan fingerprint density at radius 2 is 2.31 bits per heavy atom. The van der Waals surface area contributed by atoms with Gasteiger partial charge in [0.25, 0.3) is 0 Å². The molecule has 0 bridgehead atoms. The van der Waals surface area contributed by atoms with E-state index in [-0.39, 0.29) is 5.97 Å². The van der Waals surface area contributed by atoms with Gasteiger partial charge in [0.15, 0.2) is 0 Å². The molecule has 3 nitrogen and oxygen atoms in total. The number of hydrogen-bond acceptors (Lipinski definition) is 3. The Balaban J connectivity index is 2.12. The first-order valence-corrected chi connectivity index (χ1v) is 6.28. The lowest BCUT2D eigenvalue weighted by molar-refractivity contribution is 0.0496. The van der Waals surface area contributed by atoms with E-state index < -0.39 is 0 Å². The summed E-state index contributed by atoms with van der Waals surface area (Å²) in [6.45, 7) is 1.54. The molecular formula is C12H12BrNO2. The number of carbonyl (C=O) groups excluding carboxylic acids is 1. The molecule has 1 atom stereocenters. The highest BCUT2D eigenvalue weighted by Crippen LogP contribution is 2.33. The number of carbonyl (C=O) groups is 1. The van der Waals surface area contributed by atoms with Crippen LogP contribution in [0.2, 0.25) is 0 Å². The van der Waals surface area contributed by atoms with Crippen LogP contribution in [0.4, 0.5) is 5.69 Å². The zero-order valence-corrected chi connectivity index (χ0v) is 10.4. The van der Waals surface area contributed by atoms with Crippen LogP contribution in [0.15, 0.2) is 22.7 Å². The SMILES string of the molecule is O=C1OCC2CCCN2c2ccc(Br)cc21. The third kappa shape index (κ3) is 1.52. The fourth-order valence-electron chi connectivity index (χ4n) is 2.50. The van der Waals surface area contributed by atoms with Crippen LogP contribution in [0, 0.1) is 0 Å². The molecule has 4 heteroatoms. The lowest BCUT2D eigenvalue weighted by Gasteiger charge is -2.24. The second-order valence-corrected chi connectivity index (χ2v) is 5.17. The van der Waals surface area contributed by atoms with Gasteiger partial charge in [-0.3, -0.25) is 0 Å². The Labute approximate surface area is 103 Å². The van der Waals surface area contributed by atoms with Crippen LogP contribution < -0.4 is 4.90 Å². The molecule has 2 heterocycles. The van der Waals surface area contributed by atoms with E-state index in [4.69, 9.17) is 4.74 Å². The molecule has 1 fully saturated rings. The summed E-state index contributed by atoms with van der Waals surface area (Å²) in [7, 11) is 0. The third-order valence-corrected chi connectivity index (χ3v) is 3.77. The first-order valence-electron chi connectivity index (χ1n) is 5.49. The van der Waals surface area contributed by atoms with Crippen molar-refractivity contribution < 1.29 is 9.53 Å². The summed E-state index contributed by atoms with van der Waals surface area (Å²) in [5.74, 6) is -0.203. The van der Waals surface area contributed by atoms with Crippen molar-refractivity contribution in [3.63, 3.8) is 0 Å². The van der Waals surface area contributed by atoms with Crippen molar-refractivity contribution in [1.29, 1.82) is 0 Å². The van der Waals surface area contributed by atoms with Gasteiger partial charge in [0.1, 0.15) is 6.61 Å². The predicted molar refractivity (Wildman–Crippen MR) is 64.8 cm³/mol. The quantitative estimate of drug-likeness (QED) is 0.685. The molecule has 3 rings (SSSR count). The number of anilines is 1. The lowest BCUT2D eigenvalue weighted by Crippen LogP contribution is -2.31. The molecule has 2 aliphatic heterocycles. The molecule has 1 aromatic rings. The summed E-state index contributed by atoms with van der Waals surface area (Å²) in [6.07, 6.45) is 2.29. The normalized spacial score (nSPS) is 23.4. The van der Waals surface area contributed by atoms with Crippen molar-refractivity contribution in [3.05, 3.63) is 28.2 Å². The predicted octanol–water partition coefficient (Wildman–Crippen LogP) is 2.59. The molecule has 2 aliphatic rings. The molecule has 0 aromatic heterocycles. The number of ether oxygens (including phenoxy) is 1. The lowest BCUT2D eigenvalue weighted by atomic mass is 10.1. The molecular weight excluding hydrogens is 270 g/mol. The van der Waals surface area contributed by atoms with Crippen molar-refractivity contribution in [2.45, 2.75) is 18.9 Å². The molecule has 0 radical (unpaired) electrons. The van der Waals surface area contributed by atoms with Crippen LogP contribution in [0.5, 0.6) is 0 Å². The van der Waals surface area contributed by atoms with Crippen molar-refractivity contribution in [2.24, 2.45) is 0 Å². The van der Waals surface area contributed by atoms with E-state index in [1.54, 1.807) is 0 Å². The Morgan fingerprint density at radius 3 is 3.19 bits per heavy atom. The van der Waals surface area contributed by atoms with Crippen LogP contribution in [-0.2, 0) is 4.74 Å². The van der Waals surface area contributed by atoms with Gasteiger partial charge in [-0.1, -0.05) is 15.9 Å². The van der Waals surface area contributed by atoms with Crippen molar-refractivity contribution >= 4 is 27.6 Å². The summed E-state index contributed by atoms with van der Waals surface area (Å²) in [4.78, 5) is 14.1. The number of nitrogens with zero attached hydrogens (tertiary/aromatic N) is 1. The van der Waals surface area contributed by atoms with Crippen molar-refractivity contribution in [2.75, 3.05) is 18.1 Å². The Bertz CT molecular complexity index is 447. The molecule has 1 saturated heterocycles. The standard InChI is InChI=1S/C12H12BrNO2/c13-8-3-4-11-10(6-8)12(15)16-7-9-2-1-5-14(9)11/h3-4,6,9H,1-2,5,7H2. The van der Waals surface area contributed by atoms with Crippen LogP contribution in [-0.4, -0.2) is 25.2 Å². The maximum absolute atomic E-state index is 11.8. The Morgan fingerprint density at radius 1 is 1.44 bits per heavy atom. The molecule has 0 spiro atoms. The van der Waals surface area contributed by atoms with E-state index in [0.717, 1.165) is 23.1 Å². The summed E-state index contributed by atoms with van der Waals surface area (Å²) < 4.78 is 6.21. The van der Waals surface area contributed by atoms with E-state index in [9.17, 15) is 4.79 Å². The van der Waals surface area contributed by atoms with Crippen molar-refractivity contribution in [1.82, 2.24) is 0 Å². The van der Waals surface area contributed by atoms with Gasteiger partial charge < -0.3 is 9.64 Å². The first-order chi connectivity index (χ1) is 7.75. The maximum Gasteiger partial charge on any atom is 0.340 e. The number of halogens is 1. The Kier molecular flexibility index (Phi) is 2.39. The molecule has 16 heavy (non-hydrogen) atoms. The molecule has 84 valence electrons. The number of rotatable bonds is 0. The number of fused-ring (bicyclic) bond motifs is 3. The zero-order chi connectivity index (χ0) is 11.1. The van der Waals surface area contributed by atoms with Gasteiger partial charge in [0.05, 0.1) is 17.3 Å². The summed E-state index contributed by atoms with van der Waals surface area (Å²) in [5.41, 5.74) is 1.70. The molecule has 0 N–H and O–H groups in total. The first kappa shape index (κ1) is 10.1. The average Bonchev–Trinajstić information content (AvgIpc) is 2.69. The molecule has 0 saturated carbocycles. The summed E-state index contributed by atoms with van der Waals surface area (Å²) in [6, 6.07) is 6.20. The third-order valence-electron chi connectivity index (χ3n) is 3.27. The van der Waals surface area contributed by atoms with Gasteiger partial charge >= 0.3 is 5.97 Å². The van der Waals surface area contributed by atoms with Gasteiger partial charge in [-0.05, 0) is 31.0 Å². The number of cyclic esters (lactones) is 1. The molecule has 1 unspecified atom stereocenters. The van der Waals surface area contributed by atoms with E-state index in [0.29, 0.717) is 18.2 Å². The monoisotopic (exact) mass is 281 g/mol. The number of benzene rings is 1. The fourth-order valence-corrected chi connectivity index (χ4v) is 2.86. The fraction of sp³-hybridized carbons (Fsp3) is 0.417. The number of hydrogen-bond donors (Lipinski definition) is 0. The van der Waals surface area contributed by atoms with Crippen LogP contribution in [0.3, 0.4) is 0 Å². The van der Waals surface area contributed by atoms with Gasteiger partial charge in [-0.2, -0.15) is 0 Å². The highest BCUT2D eigenvalue weighted by Gasteiger charge is 2.32. The van der Waals surface area contributed by atoms with Gasteiger partial charge in [-0.15, -0.1) is 0 Å². The summed E-state index contributed by atoms with van der Waals surface area (Å²) >= 11 is 3.39. The second-order valence-electron chi connectivity index (χ2n) is 4.25. The van der Waals surface area contributed by atoms with Crippen molar-refractivity contribution in [3.8, 4) is 0 Å². The van der Waals surface area contributed by atoms with E-state index in [1.165, 1.54) is 6.42 Å². The smallest absolute Gasteiger partial charge is 0.340 e. The van der Waals surface area contributed by atoms with E-state index in [2.05, 4.69) is 20.8 Å². The number of esters is 1. The average molecular weight is 282 g/mol. The molecule has 1 aromatic carbocycles. The maximum atomic E-state index is 11.8. The van der Waals surface area contributed by atoms with Gasteiger partial charge in [0.2, 0.25) is 0 Å². The largest absolute Gasteiger partial charge is 0.460 e. The zero-order valence-electron chi connectivity index (χ0n) is 8.78. The van der Waals surface area contributed by atoms with Gasteiger partial charge in [-0.25, -0.2) is 4.79 Å².